The lowest BCUT2D eigenvalue weighted by Gasteiger charge is -2.08. The monoisotopic (exact) mass is 269 g/mol. The Morgan fingerprint density at radius 2 is 2.16 bits per heavy atom. The average molecular weight is 269 g/mol. The predicted molar refractivity (Wildman–Crippen MR) is 66.4 cm³/mol. The largest absolute Gasteiger partial charge is 0.497 e. The van der Waals surface area contributed by atoms with Gasteiger partial charge in [0.25, 0.3) is 0 Å². The summed E-state index contributed by atoms with van der Waals surface area (Å²) in [6.07, 6.45) is 0.0300. The van der Waals surface area contributed by atoms with Crippen LogP contribution in [0.25, 0.3) is 0 Å². The van der Waals surface area contributed by atoms with Crippen LogP contribution in [0.4, 0.5) is 5.69 Å². The number of carbonyl (C=O) groups is 1. The molecule has 7 nitrogen and oxygen atoms in total. The Labute approximate surface area is 110 Å². The highest BCUT2D eigenvalue weighted by atomic mass is 16.6. The summed E-state index contributed by atoms with van der Waals surface area (Å²) in [5.74, 6) is 0.0958. The number of nitrogens with zero attached hydrogens (tertiary/aromatic N) is 1. The van der Waals surface area contributed by atoms with Gasteiger partial charge in [-0.15, -0.1) is 0 Å². The van der Waals surface area contributed by atoms with Crippen molar-refractivity contribution in [3.8, 4) is 11.5 Å². The Balaban J connectivity index is 2.69. The zero-order chi connectivity index (χ0) is 14.3. The van der Waals surface area contributed by atoms with Crippen LogP contribution in [0.3, 0.4) is 0 Å². The lowest BCUT2D eigenvalue weighted by molar-refractivity contribution is -0.385. The van der Waals surface area contributed by atoms with Crippen molar-refractivity contribution >= 4 is 11.7 Å². The third-order valence-corrected chi connectivity index (χ3v) is 2.23. The Hall–Kier alpha value is -2.31. The minimum Gasteiger partial charge on any atom is -0.497 e. The summed E-state index contributed by atoms with van der Waals surface area (Å²) in [7, 11) is 1.45. The van der Waals surface area contributed by atoms with Gasteiger partial charge in [0.2, 0.25) is 5.75 Å². The van der Waals surface area contributed by atoms with Gasteiger partial charge in [0.1, 0.15) is 5.75 Å². The molecule has 0 amide bonds. The number of nitro groups is 1. The minimum absolute atomic E-state index is 0.00679. The maximum atomic E-state index is 11.1. The zero-order valence-electron chi connectivity index (χ0n) is 10.8. The van der Waals surface area contributed by atoms with Crippen LogP contribution in [0, 0.1) is 10.1 Å². The van der Waals surface area contributed by atoms with Gasteiger partial charge in [-0.25, -0.2) is 0 Å². The molecule has 0 aromatic heterocycles. The van der Waals surface area contributed by atoms with Crippen molar-refractivity contribution in [1.29, 1.82) is 0 Å². The second-order valence-corrected chi connectivity index (χ2v) is 3.49. The molecule has 0 aliphatic heterocycles. The number of hydrogen-bond donors (Lipinski definition) is 0. The lowest BCUT2D eigenvalue weighted by atomic mass is 10.3. The van der Waals surface area contributed by atoms with Crippen molar-refractivity contribution in [1.82, 2.24) is 0 Å². The summed E-state index contributed by atoms with van der Waals surface area (Å²) < 4.78 is 14.9. The molecule has 7 heteroatoms. The fourth-order valence-corrected chi connectivity index (χ4v) is 1.37. The normalized spacial score (nSPS) is 9.79. The Morgan fingerprint density at radius 3 is 2.74 bits per heavy atom. The number of ether oxygens (including phenoxy) is 3. The van der Waals surface area contributed by atoms with Gasteiger partial charge in [-0.2, -0.15) is 0 Å². The van der Waals surface area contributed by atoms with Crippen molar-refractivity contribution in [3.63, 3.8) is 0 Å². The van der Waals surface area contributed by atoms with Crippen molar-refractivity contribution in [3.05, 3.63) is 28.3 Å². The summed E-state index contributed by atoms with van der Waals surface area (Å²) in [6.45, 7) is 2.00. The molecule has 19 heavy (non-hydrogen) atoms. The van der Waals surface area contributed by atoms with Gasteiger partial charge < -0.3 is 14.2 Å². The van der Waals surface area contributed by atoms with E-state index in [1.807, 2.05) is 0 Å². The molecule has 104 valence electrons. The number of methoxy groups -OCH3 is 1. The number of hydrogen-bond acceptors (Lipinski definition) is 6. The number of carbonyl (C=O) groups excluding carboxylic acids is 1. The van der Waals surface area contributed by atoms with Gasteiger partial charge in [-0.3, -0.25) is 14.9 Å². The number of esters is 1. The molecule has 0 aliphatic rings. The van der Waals surface area contributed by atoms with Crippen LogP contribution < -0.4 is 9.47 Å². The minimum atomic E-state index is -0.556. The second-order valence-electron chi connectivity index (χ2n) is 3.49. The first-order chi connectivity index (χ1) is 9.08. The first-order valence-electron chi connectivity index (χ1n) is 5.69. The van der Waals surface area contributed by atoms with Crippen LogP contribution in [0.1, 0.15) is 13.3 Å². The maximum Gasteiger partial charge on any atom is 0.311 e. The fourth-order valence-electron chi connectivity index (χ4n) is 1.37. The van der Waals surface area contributed by atoms with Crippen molar-refractivity contribution in [2.75, 3.05) is 20.3 Å². The highest BCUT2D eigenvalue weighted by Gasteiger charge is 2.16. The van der Waals surface area contributed by atoms with Gasteiger partial charge in [-0.1, -0.05) is 0 Å². The quantitative estimate of drug-likeness (QED) is 0.427. The number of benzene rings is 1. The molecule has 1 rings (SSSR count). The third-order valence-electron chi connectivity index (χ3n) is 2.23. The van der Waals surface area contributed by atoms with Crippen LogP contribution in [-0.4, -0.2) is 31.2 Å². The van der Waals surface area contributed by atoms with E-state index < -0.39 is 10.9 Å². The standard InChI is InChI=1S/C12H15NO6/c1-3-18-12(14)6-7-19-11-8-9(17-2)4-5-10(11)13(15)16/h4-5,8H,3,6-7H2,1-2H3. The van der Waals surface area contributed by atoms with Gasteiger partial charge >= 0.3 is 11.7 Å². The van der Waals surface area contributed by atoms with Crippen LogP contribution in [0.5, 0.6) is 11.5 Å². The van der Waals surface area contributed by atoms with E-state index in [0.717, 1.165) is 0 Å². The summed E-state index contributed by atoms with van der Waals surface area (Å²) in [4.78, 5) is 21.4. The highest BCUT2D eigenvalue weighted by molar-refractivity contribution is 5.69. The lowest BCUT2D eigenvalue weighted by Crippen LogP contribution is -2.10. The van der Waals surface area contributed by atoms with E-state index in [-0.39, 0.29) is 31.1 Å². The van der Waals surface area contributed by atoms with Crippen LogP contribution in [-0.2, 0) is 9.53 Å². The summed E-state index contributed by atoms with van der Waals surface area (Å²) >= 11 is 0. The molecule has 0 aliphatic carbocycles. The third kappa shape index (κ3) is 4.46. The molecule has 0 N–H and O–H groups in total. The molecule has 0 bridgehead atoms. The summed E-state index contributed by atoms with van der Waals surface area (Å²) in [5.41, 5.74) is -0.176. The molecule has 0 heterocycles. The Morgan fingerprint density at radius 1 is 1.42 bits per heavy atom. The zero-order valence-corrected chi connectivity index (χ0v) is 10.8. The summed E-state index contributed by atoms with van der Waals surface area (Å²) in [5, 5.41) is 10.8. The van der Waals surface area contributed by atoms with E-state index in [9.17, 15) is 14.9 Å². The fraction of sp³-hybridized carbons (Fsp3) is 0.417. The van der Waals surface area contributed by atoms with Gasteiger partial charge in [0, 0.05) is 12.1 Å². The van der Waals surface area contributed by atoms with Crippen molar-refractivity contribution < 1.29 is 23.9 Å². The molecule has 1 aromatic carbocycles. The van der Waals surface area contributed by atoms with E-state index in [1.165, 1.54) is 25.3 Å². The van der Waals surface area contributed by atoms with E-state index in [1.54, 1.807) is 6.92 Å². The number of rotatable bonds is 7. The van der Waals surface area contributed by atoms with Crippen molar-refractivity contribution in [2.24, 2.45) is 0 Å². The van der Waals surface area contributed by atoms with E-state index in [4.69, 9.17) is 14.2 Å². The molecule has 0 atom stereocenters. The van der Waals surface area contributed by atoms with E-state index in [2.05, 4.69) is 0 Å². The first-order valence-corrected chi connectivity index (χ1v) is 5.69. The van der Waals surface area contributed by atoms with Gasteiger partial charge in [0.15, 0.2) is 0 Å². The average Bonchev–Trinajstić information content (AvgIpc) is 2.38. The smallest absolute Gasteiger partial charge is 0.311 e. The molecule has 0 saturated carbocycles. The second kappa shape index (κ2) is 7.20. The molecular formula is C12H15NO6. The van der Waals surface area contributed by atoms with Gasteiger partial charge in [-0.05, 0) is 13.0 Å². The molecule has 0 saturated heterocycles. The molecular weight excluding hydrogens is 254 g/mol. The predicted octanol–water partition coefficient (Wildman–Crippen LogP) is 1.94. The van der Waals surface area contributed by atoms with E-state index >= 15 is 0 Å². The van der Waals surface area contributed by atoms with Crippen LogP contribution in [0.15, 0.2) is 18.2 Å². The first kappa shape index (κ1) is 14.7. The SMILES string of the molecule is CCOC(=O)CCOc1cc(OC)ccc1[N+](=O)[O-]. The topological polar surface area (TPSA) is 87.9 Å². The van der Waals surface area contributed by atoms with Gasteiger partial charge in [0.05, 0.1) is 31.7 Å². The van der Waals surface area contributed by atoms with Crippen LogP contribution in [0.2, 0.25) is 0 Å². The number of nitro benzene ring substituents is 1. The highest BCUT2D eigenvalue weighted by Crippen LogP contribution is 2.31. The molecule has 0 spiro atoms. The molecule has 0 fully saturated rings. The Bertz CT molecular complexity index is 460. The summed E-state index contributed by atoms with van der Waals surface area (Å²) in [6, 6.07) is 4.16. The van der Waals surface area contributed by atoms with E-state index in [0.29, 0.717) is 5.75 Å². The maximum absolute atomic E-state index is 11.1. The van der Waals surface area contributed by atoms with Crippen LogP contribution >= 0.6 is 0 Å². The Kier molecular flexibility index (Phi) is 5.59. The molecule has 0 radical (unpaired) electrons. The van der Waals surface area contributed by atoms with Crippen molar-refractivity contribution in [2.45, 2.75) is 13.3 Å². The molecule has 1 aromatic rings. The molecule has 0 unspecified atom stereocenters.